The zero-order chi connectivity index (χ0) is 14.5. The van der Waals surface area contributed by atoms with E-state index in [1.54, 1.807) is 0 Å². The molecule has 5 heteroatoms. The van der Waals surface area contributed by atoms with Crippen molar-refractivity contribution in [2.75, 3.05) is 39.8 Å². The Kier molecular flexibility index (Phi) is 6.12. The van der Waals surface area contributed by atoms with Gasteiger partial charge >= 0.3 is 0 Å². The van der Waals surface area contributed by atoms with Crippen molar-refractivity contribution >= 4 is 23.2 Å². The molecule has 0 bridgehead atoms. The van der Waals surface area contributed by atoms with Gasteiger partial charge in [0, 0.05) is 25.7 Å². The molecular formula is C15H23Cl2N3. The van der Waals surface area contributed by atoms with Crippen LogP contribution in [0.1, 0.15) is 24.4 Å². The van der Waals surface area contributed by atoms with Gasteiger partial charge < -0.3 is 10.6 Å². The van der Waals surface area contributed by atoms with Gasteiger partial charge in [0.2, 0.25) is 0 Å². The minimum Gasteiger partial charge on any atom is -0.329 e. The van der Waals surface area contributed by atoms with E-state index < -0.39 is 0 Å². The van der Waals surface area contributed by atoms with Gasteiger partial charge in [0.15, 0.2) is 0 Å². The maximum absolute atomic E-state index is 6.10. The number of rotatable bonds is 6. The van der Waals surface area contributed by atoms with Crippen molar-refractivity contribution in [3.8, 4) is 0 Å². The second-order valence-electron chi connectivity index (χ2n) is 5.45. The molecule has 1 aliphatic heterocycles. The first-order valence-electron chi connectivity index (χ1n) is 7.19. The molecule has 0 radical (unpaired) electrons. The summed E-state index contributed by atoms with van der Waals surface area (Å²) in [6.45, 7) is 5.16. The lowest BCUT2D eigenvalue weighted by Crippen LogP contribution is -2.36. The van der Waals surface area contributed by atoms with E-state index in [2.05, 4.69) is 16.8 Å². The van der Waals surface area contributed by atoms with Gasteiger partial charge in [0.05, 0.1) is 10.0 Å². The zero-order valence-corrected chi connectivity index (χ0v) is 13.5. The highest BCUT2D eigenvalue weighted by molar-refractivity contribution is 6.42. The van der Waals surface area contributed by atoms with E-state index in [4.69, 9.17) is 28.9 Å². The van der Waals surface area contributed by atoms with Crippen molar-refractivity contribution in [2.24, 2.45) is 5.73 Å². The van der Waals surface area contributed by atoms with Crippen LogP contribution in [0.5, 0.6) is 0 Å². The molecule has 1 fully saturated rings. The topological polar surface area (TPSA) is 32.5 Å². The molecular weight excluding hydrogens is 293 g/mol. The molecule has 2 rings (SSSR count). The Morgan fingerprint density at radius 1 is 1.25 bits per heavy atom. The third kappa shape index (κ3) is 4.09. The molecule has 0 amide bonds. The maximum atomic E-state index is 6.10. The summed E-state index contributed by atoms with van der Waals surface area (Å²) in [6.07, 6.45) is 2.66. The molecule has 0 saturated carbocycles. The summed E-state index contributed by atoms with van der Waals surface area (Å²) < 4.78 is 0. The zero-order valence-electron chi connectivity index (χ0n) is 12.0. The molecule has 20 heavy (non-hydrogen) atoms. The Labute approximate surface area is 131 Å². The minimum absolute atomic E-state index is 0.187. The normalized spacial score (nSPS) is 17.9. The third-order valence-corrected chi connectivity index (χ3v) is 4.79. The highest BCUT2D eigenvalue weighted by Gasteiger charge is 2.18. The fraction of sp³-hybridized carbons (Fsp3) is 0.600. The Hall–Kier alpha value is -0.320. The van der Waals surface area contributed by atoms with E-state index in [9.17, 15) is 0 Å². The number of likely N-dealkylation sites (tertiary alicyclic amines) is 1. The summed E-state index contributed by atoms with van der Waals surface area (Å²) in [5.74, 6) is 0. The van der Waals surface area contributed by atoms with E-state index >= 15 is 0 Å². The monoisotopic (exact) mass is 315 g/mol. The van der Waals surface area contributed by atoms with Crippen LogP contribution in [0.3, 0.4) is 0 Å². The van der Waals surface area contributed by atoms with Crippen LogP contribution in [0.15, 0.2) is 18.2 Å². The number of hydrogen-bond donors (Lipinski definition) is 1. The summed E-state index contributed by atoms with van der Waals surface area (Å²) in [4.78, 5) is 4.82. The van der Waals surface area contributed by atoms with Crippen molar-refractivity contribution in [1.82, 2.24) is 9.80 Å². The Morgan fingerprint density at radius 3 is 2.55 bits per heavy atom. The second-order valence-corrected chi connectivity index (χ2v) is 6.27. The molecule has 1 heterocycles. The summed E-state index contributed by atoms with van der Waals surface area (Å²) in [7, 11) is 2.12. The molecule has 1 aliphatic rings. The van der Waals surface area contributed by atoms with Crippen LogP contribution in [0.25, 0.3) is 0 Å². The summed E-state index contributed by atoms with van der Waals surface area (Å²) >= 11 is 12.1. The Morgan fingerprint density at radius 2 is 1.95 bits per heavy atom. The summed E-state index contributed by atoms with van der Waals surface area (Å²) in [5.41, 5.74) is 7.08. The molecule has 112 valence electrons. The van der Waals surface area contributed by atoms with E-state index in [0.29, 0.717) is 16.6 Å². The Balaban J connectivity index is 1.96. The quantitative estimate of drug-likeness (QED) is 0.875. The van der Waals surface area contributed by atoms with Gasteiger partial charge in [-0.1, -0.05) is 29.3 Å². The number of benzene rings is 1. The lowest BCUT2D eigenvalue weighted by atomic mass is 10.1. The van der Waals surface area contributed by atoms with Crippen molar-refractivity contribution < 1.29 is 0 Å². The Bertz CT molecular complexity index is 433. The largest absolute Gasteiger partial charge is 0.329 e. The molecule has 1 aromatic rings. The van der Waals surface area contributed by atoms with Gasteiger partial charge in [0.25, 0.3) is 0 Å². The molecule has 0 spiro atoms. The first kappa shape index (κ1) is 16.1. The highest BCUT2D eigenvalue weighted by Crippen LogP contribution is 2.27. The molecule has 0 aromatic heterocycles. The predicted octanol–water partition coefficient (Wildman–Crippen LogP) is 3.02. The van der Waals surface area contributed by atoms with Crippen LogP contribution >= 0.6 is 23.2 Å². The van der Waals surface area contributed by atoms with Crippen LogP contribution in [-0.4, -0.2) is 49.6 Å². The lowest BCUT2D eigenvalue weighted by molar-refractivity contribution is 0.209. The van der Waals surface area contributed by atoms with Gasteiger partial charge in [-0.2, -0.15) is 0 Å². The van der Waals surface area contributed by atoms with Gasteiger partial charge in [-0.3, -0.25) is 4.90 Å². The van der Waals surface area contributed by atoms with E-state index in [1.807, 2.05) is 18.2 Å². The number of halogens is 2. The first-order chi connectivity index (χ1) is 9.61. The average molecular weight is 316 g/mol. The predicted molar refractivity (Wildman–Crippen MR) is 86.6 cm³/mol. The molecule has 3 nitrogen and oxygen atoms in total. The van der Waals surface area contributed by atoms with Crippen LogP contribution in [-0.2, 0) is 0 Å². The van der Waals surface area contributed by atoms with E-state index in [-0.39, 0.29) is 6.04 Å². The van der Waals surface area contributed by atoms with Crippen molar-refractivity contribution in [2.45, 2.75) is 18.9 Å². The molecule has 2 N–H and O–H groups in total. The van der Waals surface area contributed by atoms with Gasteiger partial charge in [0.1, 0.15) is 0 Å². The molecule has 1 aromatic carbocycles. The average Bonchev–Trinajstić information content (AvgIpc) is 2.94. The standard InChI is InChI=1S/C15H23Cl2N3/c1-19(8-9-20-6-2-3-7-20)15(11-18)12-4-5-13(16)14(17)10-12/h4-5,10,15H,2-3,6-9,11,18H2,1H3. The minimum atomic E-state index is 0.187. The van der Waals surface area contributed by atoms with Crippen molar-refractivity contribution in [1.29, 1.82) is 0 Å². The molecule has 1 atom stereocenters. The van der Waals surface area contributed by atoms with E-state index in [0.717, 1.165) is 18.7 Å². The fourth-order valence-corrected chi connectivity index (χ4v) is 3.06. The van der Waals surface area contributed by atoms with Crippen molar-refractivity contribution in [3.63, 3.8) is 0 Å². The summed E-state index contributed by atoms with van der Waals surface area (Å²) in [5, 5.41) is 1.18. The van der Waals surface area contributed by atoms with Crippen LogP contribution in [0.4, 0.5) is 0 Å². The molecule has 1 saturated heterocycles. The van der Waals surface area contributed by atoms with Crippen LogP contribution < -0.4 is 5.73 Å². The lowest BCUT2D eigenvalue weighted by Gasteiger charge is -2.29. The third-order valence-electron chi connectivity index (χ3n) is 4.05. The summed E-state index contributed by atoms with van der Waals surface area (Å²) in [6, 6.07) is 5.97. The SMILES string of the molecule is CN(CCN1CCCC1)C(CN)c1ccc(Cl)c(Cl)c1. The van der Waals surface area contributed by atoms with Crippen molar-refractivity contribution in [3.05, 3.63) is 33.8 Å². The van der Waals surface area contributed by atoms with Gasteiger partial charge in [-0.15, -0.1) is 0 Å². The number of likely N-dealkylation sites (N-methyl/N-ethyl adjacent to an activating group) is 1. The fourth-order valence-electron chi connectivity index (χ4n) is 2.75. The second kappa shape index (κ2) is 7.62. The number of nitrogens with zero attached hydrogens (tertiary/aromatic N) is 2. The first-order valence-corrected chi connectivity index (χ1v) is 7.95. The number of nitrogens with two attached hydrogens (primary N) is 1. The highest BCUT2D eigenvalue weighted by atomic mass is 35.5. The smallest absolute Gasteiger partial charge is 0.0595 e. The maximum Gasteiger partial charge on any atom is 0.0595 e. The number of hydrogen-bond acceptors (Lipinski definition) is 3. The van der Waals surface area contributed by atoms with E-state index in [1.165, 1.54) is 25.9 Å². The van der Waals surface area contributed by atoms with Gasteiger partial charge in [-0.25, -0.2) is 0 Å². The van der Waals surface area contributed by atoms with Crippen LogP contribution in [0.2, 0.25) is 10.0 Å². The molecule has 0 aliphatic carbocycles. The van der Waals surface area contributed by atoms with Crippen LogP contribution in [0, 0.1) is 0 Å². The van der Waals surface area contributed by atoms with Gasteiger partial charge in [-0.05, 0) is 50.7 Å². The molecule has 1 unspecified atom stereocenters.